The van der Waals surface area contributed by atoms with Gasteiger partial charge in [0.05, 0.1) is 18.8 Å². The number of aliphatic hydroxyl groups is 2. The van der Waals surface area contributed by atoms with Crippen molar-refractivity contribution in [2.45, 2.75) is 276 Å². The summed E-state index contributed by atoms with van der Waals surface area (Å²) in [5, 5.41) is 23.2. The number of carbonyl (C=O) groups is 1. The Kier molecular flexibility index (Phi) is 53.3. The van der Waals surface area contributed by atoms with Gasteiger partial charge in [-0.15, -0.1) is 0 Å². The lowest BCUT2D eigenvalue weighted by molar-refractivity contribution is -0.123. The van der Waals surface area contributed by atoms with Gasteiger partial charge in [0.25, 0.3) is 0 Å². The summed E-state index contributed by atoms with van der Waals surface area (Å²) < 4.78 is 0. The second-order valence-corrected chi connectivity index (χ2v) is 18.6. The first kappa shape index (κ1) is 62.3. The van der Waals surface area contributed by atoms with Crippen LogP contribution in [0.1, 0.15) is 264 Å². The highest BCUT2D eigenvalue weighted by atomic mass is 16.3. The van der Waals surface area contributed by atoms with E-state index in [1.54, 1.807) is 6.08 Å². The van der Waals surface area contributed by atoms with Crippen molar-refractivity contribution < 1.29 is 15.0 Å². The van der Waals surface area contributed by atoms with Crippen LogP contribution in [0.25, 0.3) is 0 Å². The zero-order chi connectivity index (χ0) is 47.0. The first-order valence-electron chi connectivity index (χ1n) is 28.0. The van der Waals surface area contributed by atoms with Crippen LogP contribution in [0.15, 0.2) is 97.2 Å². The topological polar surface area (TPSA) is 69.6 Å². The van der Waals surface area contributed by atoms with Crippen LogP contribution in [0.3, 0.4) is 0 Å². The molecule has 0 rings (SSSR count). The van der Waals surface area contributed by atoms with Crippen molar-refractivity contribution in [2.75, 3.05) is 6.61 Å². The molecule has 4 heteroatoms. The summed E-state index contributed by atoms with van der Waals surface area (Å²) >= 11 is 0. The number of amides is 1. The second kappa shape index (κ2) is 55.6. The number of rotatable bonds is 50. The zero-order valence-corrected chi connectivity index (χ0v) is 43.0. The average Bonchev–Trinajstić information content (AvgIpc) is 3.31. The Bertz CT molecular complexity index is 1210. The van der Waals surface area contributed by atoms with E-state index < -0.39 is 12.1 Å². The largest absolute Gasteiger partial charge is 0.394 e. The molecule has 0 aromatic carbocycles. The monoisotopic (exact) mass is 902 g/mol. The minimum absolute atomic E-state index is 0.0844. The van der Waals surface area contributed by atoms with Crippen LogP contribution in [0.4, 0.5) is 0 Å². The van der Waals surface area contributed by atoms with Gasteiger partial charge in [0, 0.05) is 6.42 Å². The lowest BCUT2D eigenvalue weighted by atomic mass is 10.0. The fraction of sp³-hybridized carbons (Fsp3) is 0.721. The zero-order valence-electron chi connectivity index (χ0n) is 43.0. The SMILES string of the molecule is CC/C=C\C/C=C\C/C=C\C/C=C\C/C=C\C/C=C\C/C=C\CCCCCCCC(=O)NC(CO)C(O)/C=C/CCCCCCCCCCCCCCCCCCCCCCCCCC. The molecule has 2 unspecified atom stereocenters. The normalized spacial score (nSPS) is 13.6. The van der Waals surface area contributed by atoms with Crippen LogP contribution >= 0.6 is 0 Å². The van der Waals surface area contributed by atoms with Gasteiger partial charge in [0.1, 0.15) is 0 Å². The molecular weight excluding hydrogens is 795 g/mol. The van der Waals surface area contributed by atoms with Gasteiger partial charge < -0.3 is 15.5 Å². The van der Waals surface area contributed by atoms with E-state index >= 15 is 0 Å². The summed E-state index contributed by atoms with van der Waals surface area (Å²) in [7, 11) is 0. The number of hydrogen-bond donors (Lipinski definition) is 3. The highest BCUT2D eigenvalue weighted by Crippen LogP contribution is 2.16. The molecule has 0 spiro atoms. The molecule has 0 fully saturated rings. The van der Waals surface area contributed by atoms with Crippen LogP contribution in [-0.2, 0) is 4.79 Å². The van der Waals surface area contributed by atoms with Gasteiger partial charge in [-0.3, -0.25) is 4.79 Å². The van der Waals surface area contributed by atoms with Gasteiger partial charge >= 0.3 is 0 Å². The Labute approximate surface area is 404 Å². The van der Waals surface area contributed by atoms with Crippen molar-refractivity contribution >= 4 is 5.91 Å². The van der Waals surface area contributed by atoms with Crippen LogP contribution in [0.5, 0.6) is 0 Å². The molecule has 0 heterocycles. The lowest BCUT2D eigenvalue weighted by Gasteiger charge is -2.20. The lowest BCUT2D eigenvalue weighted by Crippen LogP contribution is -2.45. The van der Waals surface area contributed by atoms with E-state index in [2.05, 4.69) is 104 Å². The van der Waals surface area contributed by atoms with Crippen LogP contribution in [0, 0.1) is 0 Å². The molecule has 0 saturated carbocycles. The molecule has 2 atom stereocenters. The molecule has 0 saturated heterocycles. The number of nitrogens with one attached hydrogen (secondary N) is 1. The molecule has 65 heavy (non-hydrogen) atoms. The fourth-order valence-corrected chi connectivity index (χ4v) is 8.10. The maximum atomic E-state index is 12.5. The van der Waals surface area contributed by atoms with E-state index in [4.69, 9.17) is 0 Å². The molecule has 0 aliphatic heterocycles. The van der Waals surface area contributed by atoms with Crippen molar-refractivity contribution in [3.63, 3.8) is 0 Å². The molecule has 0 aliphatic carbocycles. The summed E-state index contributed by atoms with van der Waals surface area (Å²) in [6, 6.07) is -0.641. The predicted octanol–water partition coefficient (Wildman–Crippen LogP) is 18.5. The summed E-state index contributed by atoms with van der Waals surface area (Å²) in [4.78, 5) is 12.5. The minimum Gasteiger partial charge on any atom is -0.394 e. The maximum Gasteiger partial charge on any atom is 0.220 e. The molecule has 0 aromatic heterocycles. The van der Waals surface area contributed by atoms with Gasteiger partial charge in [-0.05, 0) is 77.0 Å². The van der Waals surface area contributed by atoms with E-state index in [1.165, 1.54) is 161 Å². The van der Waals surface area contributed by atoms with Gasteiger partial charge in [-0.25, -0.2) is 0 Å². The minimum atomic E-state index is -0.856. The summed E-state index contributed by atoms with van der Waals surface area (Å²) in [6.45, 7) is 4.20. The van der Waals surface area contributed by atoms with E-state index in [1.807, 2.05) is 6.08 Å². The highest BCUT2D eigenvalue weighted by Gasteiger charge is 2.18. The smallest absolute Gasteiger partial charge is 0.220 e. The number of unbranched alkanes of at least 4 members (excludes halogenated alkanes) is 29. The van der Waals surface area contributed by atoms with Crippen molar-refractivity contribution in [1.82, 2.24) is 5.32 Å². The van der Waals surface area contributed by atoms with Crippen molar-refractivity contribution in [1.29, 1.82) is 0 Å². The van der Waals surface area contributed by atoms with E-state index in [-0.39, 0.29) is 12.5 Å². The third-order valence-corrected chi connectivity index (χ3v) is 12.3. The molecule has 374 valence electrons. The number of aliphatic hydroxyl groups excluding tert-OH is 2. The quantitative estimate of drug-likeness (QED) is 0.0421. The fourth-order valence-electron chi connectivity index (χ4n) is 8.10. The number of hydrogen-bond acceptors (Lipinski definition) is 3. The third kappa shape index (κ3) is 52.1. The van der Waals surface area contributed by atoms with E-state index in [9.17, 15) is 15.0 Å². The molecule has 1 amide bonds. The third-order valence-electron chi connectivity index (χ3n) is 12.3. The van der Waals surface area contributed by atoms with Gasteiger partial charge in [-0.1, -0.05) is 278 Å². The maximum absolute atomic E-state index is 12.5. The summed E-state index contributed by atoms with van der Waals surface area (Å²) in [5.41, 5.74) is 0. The Hall–Kier alpha value is -2.69. The highest BCUT2D eigenvalue weighted by molar-refractivity contribution is 5.76. The van der Waals surface area contributed by atoms with Crippen LogP contribution in [-0.4, -0.2) is 34.9 Å². The Morgan fingerprint density at radius 3 is 1.02 bits per heavy atom. The molecule has 4 nitrogen and oxygen atoms in total. The van der Waals surface area contributed by atoms with E-state index in [0.717, 1.165) is 83.5 Å². The van der Waals surface area contributed by atoms with E-state index in [0.29, 0.717) is 6.42 Å². The Morgan fingerprint density at radius 2 is 0.677 bits per heavy atom. The second-order valence-electron chi connectivity index (χ2n) is 18.6. The number of allylic oxidation sites excluding steroid dienone is 15. The summed E-state index contributed by atoms with van der Waals surface area (Å²) in [5.74, 6) is -0.0844. The molecular formula is C61H107NO3. The van der Waals surface area contributed by atoms with Crippen molar-refractivity contribution in [3.05, 3.63) is 97.2 Å². The molecule has 0 aromatic rings. The average molecular weight is 903 g/mol. The summed E-state index contributed by atoms with van der Waals surface area (Å²) in [6.07, 6.45) is 82.7. The number of carbonyl (C=O) groups excluding carboxylic acids is 1. The van der Waals surface area contributed by atoms with Crippen molar-refractivity contribution in [3.8, 4) is 0 Å². The van der Waals surface area contributed by atoms with Crippen LogP contribution in [0.2, 0.25) is 0 Å². The standard InChI is InChI=1S/C61H107NO3/c1-3-5-7-9-11-13-15-17-19-21-23-25-27-29-31-33-35-37-39-41-43-45-47-49-51-53-55-57-61(65)62-59(58-63)60(64)56-54-52-50-48-46-44-42-40-38-36-34-32-30-28-26-24-22-20-18-16-14-12-10-8-6-4-2/h5,7,11,13,17,19,23,25,29,31,35,37,41,43,54,56,59-60,63-64H,3-4,6,8-10,12,14-16,18,20-22,24,26-28,30,32-34,36,38-40,42,44-53,55,57-58H2,1-2H3,(H,62,65)/b7-5-,13-11-,19-17-,25-23-,31-29-,37-35-,43-41-,56-54+. The van der Waals surface area contributed by atoms with Gasteiger partial charge in [0.2, 0.25) is 5.91 Å². The molecule has 0 aliphatic rings. The van der Waals surface area contributed by atoms with Crippen LogP contribution < -0.4 is 5.32 Å². The first-order valence-corrected chi connectivity index (χ1v) is 28.0. The Balaban J connectivity index is 3.60. The molecule has 3 N–H and O–H groups in total. The van der Waals surface area contributed by atoms with Gasteiger partial charge in [0.15, 0.2) is 0 Å². The van der Waals surface area contributed by atoms with Gasteiger partial charge in [-0.2, -0.15) is 0 Å². The Morgan fingerprint density at radius 1 is 0.385 bits per heavy atom. The van der Waals surface area contributed by atoms with Crippen molar-refractivity contribution in [2.24, 2.45) is 0 Å². The molecule has 0 radical (unpaired) electrons. The molecule has 0 bridgehead atoms. The predicted molar refractivity (Wildman–Crippen MR) is 290 cm³/mol. The first-order chi connectivity index (χ1) is 32.2.